The van der Waals surface area contributed by atoms with Gasteiger partial charge in [0.1, 0.15) is 5.75 Å². The van der Waals surface area contributed by atoms with Gasteiger partial charge in [-0.05, 0) is 35.6 Å². The van der Waals surface area contributed by atoms with Crippen molar-refractivity contribution in [2.45, 2.75) is 26.2 Å². The van der Waals surface area contributed by atoms with Crippen LogP contribution < -0.4 is 4.74 Å². The van der Waals surface area contributed by atoms with Crippen LogP contribution in [0.25, 0.3) is 0 Å². The van der Waals surface area contributed by atoms with Gasteiger partial charge < -0.3 is 4.74 Å². The molecule has 0 saturated carbocycles. The molecule has 0 radical (unpaired) electrons. The number of carbonyl (C=O) groups is 1. The Morgan fingerprint density at radius 2 is 2.13 bits per heavy atom. The van der Waals surface area contributed by atoms with Crippen LogP contribution >= 0.6 is 0 Å². The highest BCUT2D eigenvalue weighted by Gasteiger charge is 2.31. The average Bonchev–Trinajstić information content (AvgIpc) is 2.56. The fourth-order valence-corrected chi connectivity index (χ4v) is 2.24. The largest absolute Gasteiger partial charge is 0.497 e. The van der Waals surface area contributed by atoms with Crippen molar-refractivity contribution in [2.75, 3.05) is 7.11 Å². The molecule has 0 heterocycles. The standard InChI is InChI=1S/C13H16O2/c1-8(2)11-7-13(14)10-5-4-9(15-3)6-12(10)11/h4-6,8,11H,7H2,1-3H3. The van der Waals surface area contributed by atoms with E-state index in [9.17, 15) is 4.79 Å². The van der Waals surface area contributed by atoms with Gasteiger partial charge in [0.15, 0.2) is 5.78 Å². The Labute approximate surface area is 90.3 Å². The van der Waals surface area contributed by atoms with Crippen LogP contribution in [0, 0.1) is 5.92 Å². The van der Waals surface area contributed by atoms with Crippen molar-refractivity contribution in [3.05, 3.63) is 29.3 Å². The molecule has 0 saturated heterocycles. The number of Topliss-reactive ketones (excluding diaryl/α,β-unsaturated/α-hetero) is 1. The van der Waals surface area contributed by atoms with Crippen molar-refractivity contribution in [1.29, 1.82) is 0 Å². The smallest absolute Gasteiger partial charge is 0.163 e. The number of rotatable bonds is 2. The van der Waals surface area contributed by atoms with Crippen LogP contribution in [0.4, 0.5) is 0 Å². The zero-order chi connectivity index (χ0) is 11.0. The maximum atomic E-state index is 11.7. The van der Waals surface area contributed by atoms with Crippen LogP contribution in [0.1, 0.15) is 42.1 Å². The molecule has 0 amide bonds. The zero-order valence-electron chi connectivity index (χ0n) is 9.41. The van der Waals surface area contributed by atoms with E-state index in [1.807, 2.05) is 18.2 Å². The monoisotopic (exact) mass is 204 g/mol. The molecule has 0 spiro atoms. The molecule has 1 aromatic rings. The molecule has 0 aromatic heterocycles. The van der Waals surface area contributed by atoms with Crippen molar-refractivity contribution >= 4 is 5.78 Å². The zero-order valence-corrected chi connectivity index (χ0v) is 9.41. The summed E-state index contributed by atoms with van der Waals surface area (Å²) in [4.78, 5) is 11.7. The highest BCUT2D eigenvalue weighted by Crippen LogP contribution is 2.39. The number of carbonyl (C=O) groups excluding carboxylic acids is 1. The third-order valence-electron chi connectivity index (χ3n) is 3.17. The van der Waals surface area contributed by atoms with Gasteiger partial charge in [-0.25, -0.2) is 0 Å². The van der Waals surface area contributed by atoms with Gasteiger partial charge in [0.2, 0.25) is 0 Å². The molecular formula is C13H16O2. The van der Waals surface area contributed by atoms with E-state index in [-0.39, 0.29) is 5.78 Å². The van der Waals surface area contributed by atoms with Crippen molar-refractivity contribution in [2.24, 2.45) is 5.92 Å². The summed E-state index contributed by atoms with van der Waals surface area (Å²) >= 11 is 0. The maximum absolute atomic E-state index is 11.7. The van der Waals surface area contributed by atoms with E-state index in [0.29, 0.717) is 18.3 Å². The van der Waals surface area contributed by atoms with E-state index in [1.54, 1.807) is 7.11 Å². The summed E-state index contributed by atoms with van der Waals surface area (Å²) in [5.41, 5.74) is 2.05. The molecule has 1 atom stereocenters. The minimum atomic E-state index is 0.270. The van der Waals surface area contributed by atoms with Crippen molar-refractivity contribution in [3.8, 4) is 5.75 Å². The van der Waals surface area contributed by atoms with Crippen LogP contribution in [0.3, 0.4) is 0 Å². The highest BCUT2D eigenvalue weighted by atomic mass is 16.5. The summed E-state index contributed by atoms with van der Waals surface area (Å²) in [6, 6.07) is 5.75. The van der Waals surface area contributed by atoms with Crippen molar-refractivity contribution < 1.29 is 9.53 Å². The summed E-state index contributed by atoms with van der Waals surface area (Å²) in [5.74, 6) is 1.98. The van der Waals surface area contributed by atoms with E-state index in [0.717, 1.165) is 16.9 Å². The minimum Gasteiger partial charge on any atom is -0.497 e. The summed E-state index contributed by atoms with van der Waals surface area (Å²) in [7, 11) is 1.66. The van der Waals surface area contributed by atoms with Gasteiger partial charge in [-0.15, -0.1) is 0 Å². The molecule has 15 heavy (non-hydrogen) atoms. The number of ketones is 1. The fourth-order valence-electron chi connectivity index (χ4n) is 2.24. The van der Waals surface area contributed by atoms with Crippen LogP contribution in [0.15, 0.2) is 18.2 Å². The Morgan fingerprint density at radius 1 is 1.40 bits per heavy atom. The average molecular weight is 204 g/mol. The molecule has 2 nitrogen and oxygen atoms in total. The molecule has 0 N–H and O–H groups in total. The fraction of sp³-hybridized carbons (Fsp3) is 0.462. The number of fused-ring (bicyclic) bond motifs is 1. The second-order valence-corrected chi connectivity index (χ2v) is 4.43. The molecule has 0 aliphatic heterocycles. The molecule has 80 valence electrons. The summed E-state index contributed by atoms with van der Waals surface area (Å²) < 4.78 is 5.19. The van der Waals surface area contributed by atoms with Gasteiger partial charge in [-0.1, -0.05) is 13.8 Å². The van der Waals surface area contributed by atoms with Gasteiger partial charge in [-0.3, -0.25) is 4.79 Å². The molecule has 0 bridgehead atoms. The number of methoxy groups -OCH3 is 1. The van der Waals surface area contributed by atoms with Gasteiger partial charge in [-0.2, -0.15) is 0 Å². The minimum absolute atomic E-state index is 0.270. The predicted octanol–water partition coefficient (Wildman–Crippen LogP) is 3.02. The van der Waals surface area contributed by atoms with E-state index in [2.05, 4.69) is 13.8 Å². The molecule has 1 aromatic carbocycles. The summed E-state index contributed by atoms with van der Waals surface area (Å²) in [6.45, 7) is 4.32. The van der Waals surface area contributed by atoms with E-state index >= 15 is 0 Å². The SMILES string of the molecule is COc1ccc2c(c1)C(C(C)C)CC2=O. The van der Waals surface area contributed by atoms with Crippen LogP contribution in [0.2, 0.25) is 0 Å². The first-order valence-electron chi connectivity index (χ1n) is 5.34. The van der Waals surface area contributed by atoms with E-state index < -0.39 is 0 Å². The molecule has 1 unspecified atom stereocenters. The van der Waals surface area contributed by atoms with Gasteiger partial charge in [0.05, 0.1) is 7.11 Å². The molecule has 1 aliphatic carbocycles. The van der Waals surface area contributed by atoms with Gasteiger partial charge in [0, 0.05) is 12.0 Å². The summed E-state index contributed by atoms with van der Waals surface area (Å²) in [6.07, 6.45) is 0.653. The lowest BCUT2D eigenvalue weighted by atomic mass is 9.90. The first-order valence-corrected chi connectivity index (χ1v) is 5.34. The second kappa shape index (κ2) is 3.69. The third-order valence-corrected chi connectivity index (χ3v) is 3.17. The Kier molecular flexibility index (Phi) is 2.51. The molecule has 1 aliphatic rings. The third kappa shape index (κ3) is 1.65. The van der Waals surface area contributed by atoms with E-state index in [4.69, 9.17) is 4.74 Å². The van der Waals surface area contributed by atoms with Crippen LogP contribution in [-0.4, -0.2) is 12.9 Å². The number of hydrogen-bond acceptors (Lipinski definition) is 2. The predicted molar refractivity (Wildman–Crippen MR) is 59.5 cm³/mol. The Bertz CT molecular complexity index is 394. The molecule has 2 heteroatoms. The lowest BCUT2D eigenvalue weighted by Gasteiger charge is -2.15. The molecular weight excluding hydrogens is 188 g/mol. The van der Waals surface area contributed by atoms with Crippen molar-refractivity contribution in [1.82, 2.24) is 0 Å². The lowest BCUT2D eigenvalue weighted by Crippen LogP contribution is -2.02. The number of benzene rings is 1. The first kappa shape index (κ1) is 10.2. The van der Waals surface area contributed by atoms with Crippen LogP contribution in [-0.2, 0) is 0 Å². The van der Waals surface area contributed by atoms with Crippen LogP contribution in [0.5, 0.6) is 5.75 Å². The Hall–Kier alpha value is -1.31. The molecule has 0 fully saturated rings. The Morgan fingerprint density at radius 3 is 2.73 bits per heavy atom. The van der Waals surface area contributed by atoms with E-state index in [1.165, 1.54) is 0 Å². The highest BCUT2D eigenvalue weighted by molar-refractivity contribution is 6.01. The van der Waals surface area contributed by atoms with Gasteiger partial charge in [0.25, 0.3) is 0 Å². The van der Waals surface area contributed by atoms with Crippen molar-refractivity contribution in [3.63, 3.8) is 0 Å². The number of ether oxygens (including phenoxy) is 1. The Balaban J connectivity index is 2.47. The summed E-state index contributed by atoms with van der Waals surface area (Å²) in [5, 5.41) is 0. The molecule has 2 rings (SSSR count). The topological polar surface area (TPSA) is 26.3 Å². The quantitative estimate of drug-likeness (QED) is 0.740. The first-order chi connectivity index (χ1) is 7.13. The lowest BCUT2D eigenvalue weighted by molar-refractivity contribution is 0.0984. The second-order valence-electron chi connectivity index (χ2n) is 4.43. The maximum Gasteiger partial charge on any atom is 0.163 e. The normalized spacial score (nSPS) is 19.5. The van der Waals surface area contributed by atoms with Gasteiger partial charge >= 0.3 is 0 Å². The number of hydrogen-bond donors (Lipinski definition) is 0.